The van der Waals surface area contributed by atoms with Crippen LogP contribution in [0.4, 0.5) is 0 Å². The molecule has 0 amide bonds. The zero-order valence-corrected chi connectivity index (χ0v) is 23.4. The zero-order chi connectivity index (χ0) is 26.0. The van der Waals surface area contributed by atoms with Gasteiger partial charge in [-0.25, -0.2) is 0 Å². The Bertz CT molecular complexity index is 1050. The van der Waals surface area contributed by atoms with Gasteiger partial charge in [0.2, 0.25) is 0 Å². The summed E-state index contributed by atoms with van der Waals surface area (Å²) in [6.07, 6.45) is 10.5. The Balaban J connectivity index is 1.08. The SMILES string of the molecule is Cc1cc(CCCCN2CCCCC2)ccc1OC1CCN(CC(c2ccccc2)c2ccccc2)CC1. The van der Waals surface area contributed by atoms with Gasteiger partial charge in [-0.3, -0.25) is 0 Å². The summed E-state index contributed by atoms with van der Waals surface area (Å²) in [5, 5.41) is 0. The lowest BCUT2D eigenvalue weighted by molar-refractivity contribution is 0.0982. The zero-order valence-electron chi connectivity index (χ0n) is 23.4. The maximum atomic E-state index is 6.54. The molecule has 2 fully saturated rings. The third-order valence-corrected chi connectivity index (χ3v) is 8.55. The van der Waals surface area contributed by atoms with Gasteiger partial charge in [0.15, 0.2) is 0 Å². The number of ether oxygens (including phenoxy) is 1. The van der Waals surface area contributed by atoms with Crippen molar-refractivity contribution in [2.24, 2.45) is 0 Å². The third-order valence-electron chi connectivity index (χ3n) is 8.55. The highest BCUT2D eigenvalue weighted by Gasteiger charge is 2.24. The van der Waals surface area contributed by atoms with Gasteiger partial charge in [0.05, 0.1) is 0 Å². The number of benzene rings is 3. The molecular formula is C35H46N2O. The van der Waals surface area contributed by atoms with Crippen LogP contribution in [0, 0.1) is 6.92 Å². The van der Waals surface area contributed by atoms with E-state index in [0.29, 0.717) is 12.0 Å². The van der Waals surface area contributed by atoms with E-state index < -0.39 is 0 Å². The van der Waals surface area contributed by atoms with Crippen molar-refractivity contribution in [1.82, 2.24) is 9.80 Å². The summed E-state index contributed by atoms with van der Waals surface area (Å²) in [6.45, 7) is 9.36. The highest BCUT2D eigenvalue weighted by atomic mass is 16.5. The number of aryl methyl sites for hydroxylation is 2. The average Bonchev–Trinajstić information content (AvgIpc) is 2.98. The normalized spacial score (nSPS) is 17.6. The topological polar surface area (TPSA) is 15.7 Å². The van der Waals surface area contributed by atoms with Crippen LogP contribution in [0.1, 0.15) is 73.1 Å². The fourth-order valence-corrected chi connectivity index (χ4v) is 6.27. The lowest BCUT2D eigenvalue weighted by atomic mass is 9.90. The van der Waals surface area contributed by atoms with E-state index in [1.54, 1.807) is 0 Å². The van der Waals surface area contributed by atoms with Crippen LogP contribution in [0.15, 0.2) is 78.9 Å². The second kappa shape index (κ2) is 14.0. The van der Waals surface area contributed by atoms with E-state index in [-0.39, 0.29) is 0 Å². The van der Waals surface area contributed by atoms with E-state index in [1.165, 1.54) is 80.4 Å². The molecule has 0 saturated carbocycles. The molecule has 38 heavy (non-hydrogen) atoms. The molecule has 0 bridgehead atoms. The van der Waals surface area contributed by atoms with Gasteiger partial charge in [-0.2, -0.15) is 0 Å². The number of unbranched alkanes of at least 4 members (excludes halogenated alkanes) is 1. The van der Waals surface area contributed by atoms with E-state index in [1.807, 2.05) is 0 Å². The van der Waals surface area contributed by atoms with Crippen LogP contribution in [0.25, 0.3) is 0 Å². The summed E-state index contributed by atoms with van der Waals surface area (Å²) in [7, 11) is 0. The molecule has 3 heteroatoms. The molecule has 2 saturated heterocycles. The smallest absolute Gasteiger partial charge is 0.122 e. The van der Waals surface area contributed by atoms with Gasteiger partial charge in [0, 0.05) is 25.6 Å². The average molecular weight is 511 g/mol. The Morgan fingerprint density at radius 1 is 0.737 bits per heavy atom. The molecule has 0 unspecified atom stereocenters. The number of hydrogen-bond acceptors (Lipinski definition) is 3. The van der Waals surface area contributed by atoms with Crippen molar-refractivity contribution in [3.05, 3.63) is 101 Å². The Hall–Kier alpha value is -2.62. The van der Waals surface area contributed by atoms with Gasteiger partial charge < -0.3 is 14.5 Å². The number of hydrogen-bond donors (Lipinski definition) is 0. The second-order valence-electron chi connectivity index (χ2n) is 11.5. The molecule has 202 valence electrons. The Morgan fingerprint density at radius 3 is 2.03 bits per heavy atom. The Morgan fingerprint density at radius 2 is 1.39 bits per heavy atom. The van der Waals surface area contributed by atoms with Crippen molar-refractivity contribution in [3.63, 3.8) is 0 Å². The Kier molecular flexibility index (Phi) is 9.91. The molecule has 0 aliphatic carbocycles. The molecule has 2 aliphatic heterocycles. The van der Waals surface area contributed by atoms with Crippen LogP contribution in [0.3, 0.4) is 0 Å². The number of rotatable bonds is 11. The maximum absolute atomic E-state index is 6.54. The van der Waals surface area contributed by atoms with E-state index >= 15 is 0 Å². The lowest BCUT2D eigenvalue weighted by Crippen LogP contribution is -2.40. The summed E-state index contributed by atoms with van der Waals surface area (Å²) in [4.78, 5) is 5.28. The molecule has 3 aromatic carbocycles. The quantitative estimate of drug-likeness (QED) is 0.249. The molecule has 2 aliphatic rings. The van der Waals surface area contributed by atoms with Crippen molar-refractivity contribution < 1.29 is 4.74 Å². The van der Waals surface area contributed by atoms with Crippen LogP contribution < -0.4 is 4.74 Å². The van der Waals surface area contributed by atoms with Gasteiger partial charge >= 0.3 is 0 Å². The predicted molar refractivity (Wildman–Crippen MR) is 159 cm³/mol. The summed E-state index contributed by atoms with van der Waals surface area (Å²) in [5.41, 5.74) is 5.55. The molecule has 0 atom stereocenters. The van der Waals surface area contributed by atoms with Gasteiger partial charge in [-0.05, 0) is 99.8 Å². The van der Waals surface area contributed by atoms with Crippen molar-refractivity contribution in [2.75, 3.05) is 39.3 Å². The molecule has 0 aromatic heterocycles. The molecule has 0 N–H and O–H groups in total. The minimum atomic E-state index is 0.312. The van der Waals surface area contributed by atoms with E-state index in [9.17, 15) is 0 Å². The van der Waals surface area contributed by atoms with E-state index in [4.69, 9.17) is 4.74 Å². The van der Waals surface area contributed by atoms with Crippen molar-refractivity contribution >= 4 is 0 Å². The fraction of sp³-hybridized carbons (Fsp3) is 0.486. The fourth-order valence-electron chi connectivity index (χ4n) is 6.27. The maximum Gasteiger partial charge on any atom is 0.122 e. The molecule has 3 nitrogen and oxygen atoms in total. The van der Waals surface area contributed by atoms with Crippen molar-refractivity contribution in [2.45, 2.75) is 70.3 Å². The van der Waals surface area contributed by atoms with Gasteiger partial charge in [0.25, 0.3) is 0 Å². The standard InChI is InChI=1S/C35H46N2O/c1-29-27-30(13-9-12-24-36-22-10-4-11-23-36)18-19-35(29)38-33-20-25-37(26-21-33)28-34(31-14-5-2-6-15-31)32-16-7-3-8-17-32/h2-3,5-8,14-19,27,33-34H,4,9-13,20-26,28H2,1H3. The van der Waals surface area contributed by atoms with Crippen LogP contribution in [-0.2, 0) is 6.42 Å². The first-order chi connectivity index (χ1) is 18.7. The van der Waals surface area contributed by atoms with Crippen LogP contribution in [-0.4, -0.2) is 55.2 Å². The number of piperidine rings is 2. The van der Waals surface area contributed by atoms with Gasteiger partial charge in [-0.1, -0.05) is 79.2 Å². The van der Waals surface area contributed by atoms with Crippen LogP contribution >= 0.6 is 0 Å². The van der Waals surface area contributed by atoms with E-state index in [0.717, 1.165) is 38.2 Å². The minimum absolute atomic E-state index is 0.312. The second-order valence-corrected chi connectivity index (χ2v) is 11.5. The highest BCUT2D eigenvalue weighted by Crippen LogP contribution is 2.29. The number of nitrogens with zero attached hydrogens (tertiary/aromatic N) is 2. The summed E-state index contributed by atoms with van der Waals surface area (Å²) < 4.78 is 6.54. The van der Waals surface area contributed by atoms with Crippen molar-refractivity contribution in [3.8, 4) is 5.75 Å². The third kappa shape index (κ3) is 7.71. The Labute approximate surface area is 230 Å². The highest BCUT2D eigenvalue weighted by molar-refractivity contribution is 5.36. The molecule has 0 radical (unpaired) electrons. The molecule has 5 rings (SSSR count). The molecular weight excluding hydrogens is 464 g/mol. The van der Waals surface area contributed by atoms with Crippen LogP contribution in [0.2, 0.25) is 0 Å². The first-order valence-corrected chi connectivity index (χ1v) is 15.1. The summed E-state index contributed by atoms with van der Waals surface area (Å²) in [5.74, 6) is 1.48. The van der Waals surface area contributed by atoms with Gasteiger partial charge in [0.1, 0.15) is 11.9 Å². The van der Waals surface area contributed by atoms with E-state index in [2.05, 4.69) is 95.6 Å². The first-order valence-electron chi connectivity index (χ1n) is 15.1. The lowest BCUT2D eigenvalue weighted by Gasteiger charge is -2.35. The number of likely N-dealkylation sites (tertiary alicyclic amines) is 2. The molecule has 3 aromatic rings. The summed E-state index contributed by atoms with van der Waals surface area (Å²) >= 11 is 0. The molecule has 2 heterocycles. The largest absolute Gasteiger partial charge is 0.490 e. The first kappa shape index (κ1) is 27.0. The van der Waals surface area contributed by atoms with Crippen LogP contribution in [0.5, 0.6) is 5.75 Å². The molecule has 0 spiro atoms. The predicted octanol–water partition coefficient (Wildman–Crippen LogP) is 7.48. The monoisotopic (exact) mass is 510 g/mol. The van der Waals surface area contributed by atoms with Crippen molar-refractivity contribution in [1.29, 1.82) is 0 Å². The van der Waals surface area contributed by atoms with Gasteiger partial charge in [-0.15, -0.1) is 0 Å². The minimum Gasteiger partial charge on any atom is -0.490 e. The summed E-state index contributed by atoms with van der Waals surface area (Å²) in [6, 6.07) is 28.8.